The lowest BCUT2D eigenvalue weighted by Crippen LogP contribution is -2.11. The van der Waals surface area contributed by atoms with Crippen molar-refractivity contribution in [3.8, 4) is 11.3 Å². The van der Waals surface area contributed by atoms with Crippen molar-refractivity contribution in [1.82, 2.24) is 15.0 Å². The monoisotopic (exact) mass is 401 g/mol. The molecule has 1 amide bonds. The van der Waals surface area contributed by atoms with E-state index in [1.54, 1.807) is 42.9 Å². The van der Waals surface area contributed by atoms with Crippen molar-refractivity contribution in [2.75, 3.05) is 10.6 Å². The zero-order chi connectivity index (χ0) is 20.1. The number of hydrogen-bond acceptors (Lipinski definition) is 5. The van der Waals surface area contributed by atoms with Crippen LogP contribution in [0.15, 0.2) is 85.3 Å². The van der Waals surface area contributed by atoms with Crippen LogP contribution in [0.3, 0.4) is 0 Å². The number of benzene rings is 2. The first kappa shape index (κ1) is 18.6. The molecule has 0 aliphatic carbocycles. The fourth-order valence-electron chi connectivity index (χ4n) is 2.70. The number of carbonyl (C=O) groups excluding carboxylic acids is 1. The van der Waals surface area contributed by atoms with Gasteiger partial charge in [0.15, 0.2) is 0 Å². The Labute approximate surface area is 172 Å². The standard InChI is InChI=1S/C22H16ClN5O/c23-17-8-6-15(7-9-17)21(29)26-18-4-1-5-19(13-18)27-22-25-12-10-20(28-22)16-3-2-11-24-14-16/h1-14H,(H,26,29)(H,25,27,28). The van der Waals surface area contributed by atoms with Crippen molar-refractivity contribution >= 4 is 34.8 Å². The molecule has 0 saturated heterocycles. The molecule has 4 aromatic rings. The van der Waals surface area contributed by atoms with E-state index in [1.807, 2.05) is 42.5 Å². The molecular formula is C22H16ClN5O. The number of carbonyl (C=O) groups is 1. The molecule has 0 radical (unpaired) electrons. The van der Waals surface area contributed by atoms with Gasteiger partial charge in [-0.1, -0.05) is 17.7 Å². The average molecular weight is 402 g/mol. The Morgan fingerprint density at radius 3 is 2.52 bits per heavy atom. The second kappa shape index (κ2) is 8.50. The van der Waals surface area contributed by atoms with E-state index in [-0.39, 0.29) is 5.91 Å². The number of nitrogens with zero attached hydrogens (tertiary/aromatic N) is 3. The highest BCUT2D eigenvalue weighted by Gasteiger charge is 2.07. The Balaban J connectivity index is 1.49. The molecule has 2 heterocycles. The van der Waals surface area contributed by atoms with Crippen LogP contribution in [-0.2, 0) is 0 Å². The van der Waals surface area contributed by atoms with Crippen molar-refractivity contribution in [3.63, 3.8) is 0 Å². The van der Waals surface area contributed by atoms with Crippen molar-refractivity contribution in [1.29, 1.82) is 0 Å². The van der Waals surface area contributed by atoms with Gasteiger partial charge in [-0.2, -0.15) is 0 Å². The fraction of sp³-hybridized carbons (Fsp3) is 0. The normalized spacial score (nSPS) is 10.4. The van der Waals surface area contributed by atoms with Gasteiger partial charge >= 0.3 is 0 Å². The number of nitrogens with one attached hydrogen (secondary N) is 2. The van der Waals surface area contributed by atoms with Crippen LogP contribution in [0.2, 0.25) is 5.02 Å². The smallest absolute Gasteiger partial charge is 0.255 e. The van der Waals surface area contributed by atoms with E-state index in [4.69, 9.17) is 11.6 Å². The minimum Gasteiger partial charge on any atom is -0.324 e. The van der Waals surface area contributed by atoms with Crippen LogP contribution in [-0.4, -0.2) is 20.9 Å². The van der Waals surface area contributed by atoms with Crippen LogP contribution >= 0.6 is 11.6 Å². The van der Waals surface area contributed by atoms with Crippen LogP contribution in [0.5, 0.6) is 0 Å². The van der Waals surface area contributed by atoms with E-state index in [1.165, 1.54) is 0 Å². The van der Waals surface area contributed by atoms with Gasteiger partial charge in [0.1, 0.15) is 0 Å². The van der Waals surface area contributed by atoms with Crippen molar-refractivity contribution < 1.29 is 4.79 Å². The van der Waals surface area contributed by atoms with Crippen LogP contribution in [0.25, 0.3) is 11.3 Å². The van der Waals surface area contributed by atoms with E-state index in [2.05, 4.69) is 25.6 Å². The molecule has 0 bridgehead atoms. The largest absolute Gasteiger partial charge is 0.324 e. The SMILES string of the molecule is O=C(Nc1cccc(Nc2nccc(-c3cccnc3)n2)c1)c1ccc(Cl)cc1. The third-order valence-corrected chi connectivity index (χ3v) is 4.35. The molecule has 7 heteroatoms. The first-order valence-electron chi connectivity index (χ1n) is 8.85. The summed E-state index contributed by atoms with van der Waals surface area (Å²) in [4.78, 5) is 25.3. The van der Waals surface area contributed by atoms with E-state index in [0.29, 0.717) is 22.2 Å². The third kappa shape index (κ3) is 4.75. The average Bonchev–Trinajstić information content (AvgIpc) is 2.75. The molecule has 29 heavy (non-hydrogen) atoms. The maximum absolute atomic E-state index is 12.4. The van der Waals surface area contributed by atoms with Gasteiger partial charge < -0.3 is 10.6 Å². The second-order valence-electron chi connectivity index (χ2n) is 6.17. The number of hydrogen-bond donors (Lipinski definition) is 2. The van der Waals surface area contributed by atoms with Gasteiger partial charge in [-0.25, -0.2) is 9.97 Å². The molecule has 0 saturated carbocycles. The summed E-state index contributed by atoms with van der Waals surface area (Å²) in [5, 5.41) is 6.62. The van der Waals surface area contributed by atoms with Crippen LogP contribution in [0.4, 0.5) is 17.3 Å². The molecule has 2 aromatic heterocycles. The van der Waals surface area contributed by atoms with Crippen LogP contribution in [0, 0.1) is 0 Å². The maximum Gasteiger partial charge on any atom is 0.255 e. The van der Waals surface area contributed by atoms with Gasteiger partial charge in [0, 0.05) is 46.1 Å². The number of rotatable bonds is 5. The summed E-state index contributed by atoms with van der Waals surface area (Å²) >= 11 is 5.87. The minimum absolute atomic E-state index is 0.214. The lowest BCUT2D eigenvalue weighted by molar-refractivity contribution is 0.102. The quantitative estimate of drug-likeness (QED) is 0.481. The summed E-state index contributed by atoms with van der Waals surface area (Å²) in [6.45, 7) is 0. The molecule has 0 unspecified atom stereocenters. The Kier molecular flexibility index (Phi) is 5.45. The number of anilines is 3. The summed E-state index contributed by atoms with van der Waals surface area (Å²) in [7, 11) is 0. The van der Waals surface area contributed by atoms with E-state index in [9.17, 15) is 4.79 Å². The van der Waals surface area contributed by atoms with Crippen LogP contribution in [0.1, 0.15) is 10.4 Å². The van der Waals surface area contributed by atoms with E-state index < -0.39 is 0 Å². The van der Waals surface area contributed by atoms with Gasteiger partial charge in [0.25, 0.3) is 5.91 Å². The number of halogens is 1. The zero-order valence-corrected chi connectivity index (χ0v) is 16.0. The lowest BCUT2D eigenvalue weighted by Gasteiger charge is -2.09. The second-order valence-corrected chi connectivity index (χ2v) is 6.61. The molecule has 0 spiro atoms. The third-order valence-electron chi connectivity index (χ3n) is 4.10. The molecule has 0 aliphatic heterocycles. The molecule has 0 atom stereocenters. The number of aromatic nitrogens is 3. The fourth-order valence-corrected chi connectivity index (χ4v) is 2.83. The maximum atomic E-state index is 12.4. The number of amides is 1. The van der Waals surface area contributed by atoms with Gasteiger partial charge in [-0.05, 0) is 60.7 Å². The van der Waals surface area contributed by atoms with Crippen molar-refractivity contribution in [2.45, 2.75) is 0 Å². The minimum atomic E-state index is -0.214. The topological polar surface area (TPSA) is 79.8 Å². The molecular weight excluding hydrogens is 386 g/mol. The Hall–Kier alpha value is -3.77. The number of pyridine rings is 1. The van der Waals surface area contributed by atoms with Gasteiger partial charge in [0.2, 0.25) is 5.95 Å². The summed E-state index contributed by atoms with van der Waals surface area (Å²) in [5.41, 5.74) is 3.60. The highest BCUT2D eigenvalue weighted by atomic mass is 35.5. The molecule has 0 aliphatic rings. The summed E-state index contributed by atoms with van der Waals surface area (Å²) in [5.74, 6) is 0.237. The highest BCUT2D eigenvalue weighted by molar-refractivity contribution is 6.30. The predicted octanol–water partition coefficient (Wildman–Crippen LogP) is 5.19. The molecule has 142 valence electrons. The van der Waals surface area contributed by atoms with Crippen molar-refractivity contribution in [3.05, 3.63) is 95.9 Å². The predicted molar refractivity (Wildman–Crippen MR) is 114 cm³/mol. The van der Waals surface area contributed by atoms with E-state index in [0.717, 1.165) is 16.9 Å². The van der Waals surface area contributed by atoms with Gasteiger partial charge in [-0.3, -0.25) is 9.78 Å². The summed E-state index contributed by atoms with van der Waals surface area (Å²) < 4.78 is 0. The zero-order valence-electron chi connectivity index (χ0n) is 15.2. The molecule has 6 nitrogen and oxygen atoms in total. The Morgan fingerprint density at radius 2 is 1.72 bits per heavy atom. The Morgan fingerprint density at radius 1 is 0.897 bits per heavy atom. The first-order valence-corrected chi connectivity index (χ1v) is 9.23. The van der Waals surface area contributed by atoms with Crippen molar-refractivity contribution in [2.24, 2.45) is 0 Å². The van der Waals surface area contributed by atoms with E-state index >= 15 is 0 Å². The van der Waals surface area contributed by atoms with Crippen LogP contribution < -0.4 is 10.6 Å². The van der Waals surface area contributed by atoms with Gasteiger partial charge in [-0.15, -0.1) is 0 Å². The summed E-state index contributed by atoms with van der Waals surface area (Å²) in [6, 6.07) is 19.7. The van der Waals surface area contributed by atoms with Gasteiger partial charge in [0.05, 0.1) is 5.69 Å². The highest BCUT2D eigenvalue weighted by Crippen LogP contribution is 2.21. The first-order chi connectivity index (χ1) is 14.2. The molecule has 0 fully saturated rings. The summed E-state index contributed by atoms with van der Waals surface area (Å²) in [6.07, 6.45) is 5.15. The lowest BCUT2D eigenvalue weighted by atomic mass is 10.2. The molecule has 2 N–H and O–H groups in total. The molecule has 2 aromatic carbocycles. The molecule has 4 rings (SSSR count). The Bertz CT molecular complexity index is 1130.